The van der Waals surface area contributed by atoms with Gasteiger partial charge in [0.2, 0.25) is 0 Å². The summed E-state index contributed by atoms with van der Waals surface area (Å²) < 4.78 is 0. The number of nitrogens with one attached hydrogen (secondary N) is 1. The van der Waals surface area contributed by atoms with E-state index in [0.29, 0.717) is 6.04 Å². The summed E-state index contributed by atoms with van der Waals surface area (Å²) in [6.07, 6.45) is 2.63. The van der Waals surface area contributed by atoms with Crippen molar-refractivity contribution < 1.29 is 0 Å². The van der Waals surface area contributed by atoms with E-state index in [1.807, 2.05) is 0 Å². The lowest BCUT2D eigenvalue weighted by molar-refractivity contribution is 0.208. The van der Waals surface area contributed by atoms with Crippen molar-refractivity contribution >= 4 is 0 Å². The lowest BCUT2D eigenvalue weighted by atomic mass is 10.2. The van der Waals surface area contributed by atoms with E-state index in [1.165, 1.54) is 45.6 Å². The van der Waals surface area contributed by atoms with E-state index in [0.717, 1.165) is 12.6 Å². The van der Waals surface area contributed by atoms with Crippen LogP contribution < -0.4 is 5.32 Å². The molecule has 1 fully saturated rings. The van der Waals surface area contributed by atoms with Crippen LogP contribution in [0.15, 0.2) is 0 Å². The van der Waals surface area contributed by atoms with Gasteiger partial charge < -0.3 is 10.2 Å². The van der Waals surface area contributed by atoms with Crippen molar-refractivity contribution in [1.29, 1.82) is 0 Å². The molecule has 1 heterocycles. The standard InChI is InChI=1S/C14H31N3/c1-5-15-13(4)8-10-16-11-9-14(12-16)17(6-2)7-3/h13-15H,5-12H2,1-4H3. The summed E-state index contributed by atoms with van der Waals surface area (Å²) in [5, 5.41) is 3.49. The second-order valence-electron chi connectivity index (χ2n) is 5.21. The number of likely N-dealkylation sites (N-methyl/N-ethyl adjacent to an activating group) is 1. The molecule has 0 saturated carbocycles. The van der Waals surface area contributed by atoms with E-state index in [4.69, 9.17) is 0 Å². The van der Waals surface area contributed by atoms with Gasteiger partial charge in [0, 0.05) is 18.6 Å². The van der Waals surface area contributed by atoms with E-state index >= 15 is 0 Å². The van der Waals surface area contributed by atoms with Crippen LogP contribution in [0.4, 0.5) is 0 Å². The Morgan fingerprint density at radius 2 is 2.00 bits per heavy atom. The van der Waals surface area contributed by atoms with Gasteiger partial charge in [0.1, 0.15) is 0 Å². The van der Waals surface area contributed by atoms with Crippen molar-refractivity contribution in [1.82, 2.24) is 15.1 Å². The molecule has 17 heavy (non-hydrogen) atoms. The minimum atomic E-state index is 0.660. The Morgan fingerprint density at radius 1 is 1.29 bits per heavy atom. The molecule has 1 aliphatic heterocycles. The van der Waals surface area contributed by atoms with E-state index in [9.17, 15) is 0 Å². The molecule has 0 bridgehead atoms. The Kier molecular flexibility index (Phi) is 7.09. The van der Waals surface area contributed by atoms with Crippen molar-refractivity contribution in [2.45, 2.75) is 52.6 Å². The smallest absolute Gasteiger partial charge is 0.0235 e. The normalized spacial score (nSPS) is 23.5. The fraction of sp³-hybridized carbons (Fsp3) is 1.00. The minimum absolute atomic E-state index is 0.660. The van der Waals surface area contributed by atoms with Gasteiger partial charge in [-0.25, -0.2) is 0 Å². The minimum Gasteiger partial charge on any atom is -0.314 e. The number of rotatable bonds is 8. The van der Waals surface area contributed by atoms with Crippen molar-refractivity contribution in [2.75, 3.05) is 39.3 Å². The number of likely N-dealkylation sites (tertiary alicyclic amines) is 1. The first-order valence-electron chi connectivity index (χ1n) is 7.40. The zero-order valence-corrected chi connectivity index (χ0v) is 12.2. The summed E-state index contributed by atoms with van der Waals surface area (Å²) in [6.45, 7) is 16.3. The Bertz CT molecular complexity index is 192. The maximum Gasteiger partial charge on any atom is 0.0235 e. The largest absolute Gasteiger partial charge is 0.314 e. The molecule has 0 amide bonds. The molecule has 0 aromatic carbocycles. The highest BCUT2D eigenvalue weighted by Gasteiger charge is 2.25. The molecule has 0 aliphatic carbocycles. The van der Waals surface area contributed by atoms with Crippen LogP contribution in [0.1, 0.15) is 40.5 Å². The van der Waals surface area contributed by atoms with Crippen molar-refractivity contribution in [3.63, 3.8) is 0 Å². The average molecular weight is 241 g/mol. The van der Waals surface area contributed by atoms with Gasteiger partial charge in [0.25, 0.3) is 0 Å². The molecular formula is C14H31N3. The van der Waals surface area contributed by atoms with E-state index in [-0.39, 0.29) is 0 Å². The van der Waals surface area contributed by atoms with Crippen LogP contribution in [0.5, 0.6) is 0 Å². The molecule has 102 valence electrons. The molecular weight excluding hydrogens is 210 g/mol. The first kappa shape index (κ1) is 14.9. The van der Waals surface area contributed by atoms with Gasteiger partial charge in [-0.15, -0.1) is 0 Å². The molecule has 1 aliphatic rings. The maximum absolute atomic E-state index is 3.49. The van der Waals surface area contributed by atoms with Crippen LogP contribution >= 0.6 is 0 Å². The molecule has 2 unspecified atom stereocenters. The highest BCUT2D eigenvalue weighted by Crippen LogP contribution is 2.15. The lowest BCUT2D eigenvalue weighted by Gasteiger charge is -2.26. The predicted octanol–water partition coefficient (Wildman–Crippen LogP) is 1.79. The first-order chi connectivity index (χ1) is 8.21. The summed E-state index contributed by atoms with van der Waals surface area (Å²) in [7, 11) is 0. The number of hydrogen-bond donors (Lipinski definition) is 1. The van der Waals surface area contributed by atoms with Crippen molar-refractivity contribution in [2.24, 2.45) is 0 Å². The molecule has 0 radical (unpaired) electrons. The van der Waals surface area contributed by atoms with Gasteiger partial charge >= 0.3 is 0 Å². The van der Waals surface area contributed by atoms with Crippen LogP contribution in [0.2, 0.25) is 0 Å². The topological polar surface area (TPSA) is 18.5 Å². The summed E-state index contributed by atoms with van der Waals surface area (Å²) in [4.78, 5) is 5.24. The quantitative estimate of drug-likeness (QED) is 0.699. The van der Waals surface area contributed by atoms with Crippen molar-refractivity contribution in [3.05, 3.63) is 0 Å². The van der Waals surface area contributed by atoms with Gasteiger partial charge in [-0.05, 0) is 52.5 Å². The van der Waals surface area contributed by atoms with Gasteiger partial charge in [0.05, 0.1) is 0 Å². The maximum atomic E-state index is 3.49. The highest BCUT2D eigenvalue weighted by molar-refractivity contribution is 4.83. The lowest BCUT2D eigenvalue weighted by Crippen LogP contribution is -2.38. The van der Waals surface area contributed by atoms with Crippen LogP contribution in [-0.4, -0.2) is 61.2 Å². The number of nitrogens with zero attached hydrogens (tertiary/aromatic N) is 2. The molecule has 1 N–H and O–H groups in total. The molecule has 0 spiro atoms. The van der Waals surface area contributed by atoms with Gasteiger partial charge in [-0.2, -0.15) is 0 Å². The molecule has 1 saturated heterocycles. The van der Waals surface area contributed by atoms with Gasteiger partial charge in [-0.3, -0.25) is 4.90 Å². The molecule has 3 heteroatoms. The Morgan fingerprint density at radius 3 is 2.59 bits per heavy atom. The SMILES string of the molecule is CCNC(C)CCN1CCC(N(CC)CC)C1. The Labute approximate surface area is 108 Å². The monoisotopic (exact) mass is 241 g/mol. The fourth-order valence-corrected chi connectivity index (χ4v) is 2.88. The average Bonchev–Trinajstić information content (AvgIpc) is 2.77. The summed E-state index contributed by atoms with van der Waals surface area (Å²) in [6, 6.07) is 1.46. The molecule has 3 nitrogen and oxygen atoms in total. The highest BCUT2D eigenvalue weighted by atomic mass is 15.2. The van der Waals surface area contributed by atoms with Crippen molar-refractivity contribution in [3.8, 4) is 0 Å². The summed E-state index contributed by atoms with van der Waals surface area (Å²) in [5.74, 6) is 0. The Balaban J connectivity index is 2.21. The zero-order chi connectivity index (χ0) is 12.7. The molecule has 0 aromatic heterocycles. The van der Waals surface area contributed by atoms with Crippen LogP contribution in [0.3, 0.4) is 0 Å². The fourth-order valence-electron chi connectivity index (χ4n) is 2.88. The van der Waals surface area contributed by atoms with Gasteiger partial charge in [-0.1, -0.05) is 20.8 Å². The van der Waals surface area contributed by atoms with E-state index in [2.05, 4.69) is 42.8 Å². The van der Waals surface area contributed by atoms with E-state index < -0.39 is 0 Å². The van der Waals surface area contributed by atoms with Crippen LogP contribution in [0, 0.1) is 0 Å². The number of hydrogen-bond acceptors (Lipinski definition) is 3. The zero-order valence-electron chi connectivity index (χ0n) is 12.2. The Hall–Kier alpha value is -0.120. The predicted molar refractivity (Wildman–Crippen MR) is 75.5 cm³/mol. The summed E-state index contributed by atoms with van der Waals surface area (Å²) in [5.41, 5.74) is 0. The third kappa shape index (κ3) is 4.94. The second-order valence-corrected chi connectivity index (χ2v) is 5.21. The second kappa shape index (κ2) is 8.06. The molecule has 0 aromatic rings. The van der Waals surface area contributed by atoms with Crippen LogP contribution in [0.25, 0.3) is 0 Å². The van der Waals surface area contributed by atoms with Crippen LogP contribution in [-0.2, 0) is 0 Å². The van der Waals surface area contributed by atoms with E-state index in [1.54, 1.807) is 0 Å². The molecule has 1 rings (SSSR count). The third-order valence-corrected chi connectivity index (χ3v) is 4.01. The first-order valence-corrected chi connectivity index (χ1v) is 7.40. The third-order valence-electron chi connectivity index (χ3n) is 4.01. The van der Waals surface area contributed by atoms with Gasteiger partial charge in [0.15, 0.2) is 0 Å². The molecule has 2 atom stereocenters. The summed E-state index contributed by atoms with van der Waals surface area (Å²) >= 11 is 0.